The summed E-state index contributed by atoms with van der Waals surface area (Å²) in [6.07, 6.45) is 6.73. The number of hydrogen-bond acceptors (Lipinski definition) is 3. The van der Waals surface area contributed by atoms with Crippen LogP contribution in [0.4, 0.5) is 0 Å². The first-order valence-corrected chi connectivity index (χ1v) is 6.90. The van der Waals surface area contributed by atoms with Gasteiger partial charge >= 0.3 is 0 Å². The molecule has 0 bridgehead atoms. The first-order valence-electron chi connectivity index (χ1n) is 6.90. The minimum Gasteiger partial charge on any atom is -0.353 e. The van der Waals surface area contributed by atoms with E-state index in [-0.39, 0.29) is 5.91 Å². The smallest absolute Gasteiger partial charge is 0.221 e. The first kappa shape index (κ1) is 12.8. The Kier molecular flexibility index (Phi) is 4.40. The van der Waals surface area contributed by atoms with Crippen molar-refractivity contribution in [2.75, 3.05) is 20.1 Å². The Hall–Kier alpha value is -0.610. The van der Waals surface area contributed by atoms with Crippen molar-refractivity contribution >= 4 is 5.91 Å². The molecule has 1 amide bonds. The lowest BCUT2D eigenvalue weighted by molar-refractivity contribution is -0.121. The zero-order valence-corrected chi connectivity index (χ0v) is 10.8. The highest BCUT2D eigenvalue weighted by Crippen LogP contribution is 2.28. The SMILES string of the molecule is CN(CCC(=O)NC1CC1)C1CCCC1CN. The molecule has 0 spiro atoms. The van der Waals surface area contributed by atoms with E-state index in [1.54, 1.807) is 0 Å². The van der Waals surface area contributed by atoms with Crippen molar-refractivity contribution in [3.05, 3.63) is 0 Å². The summed E-state index contributed by atoms with van der Waals surface area (Å²) in [5.41, 5.74) is 5.79. The van der Waals surface area contributed by atoms with Gasteiger partial charge in [0.15, 0.2) is 0 Å². The lowest BCUT2D eigenvalue weighted by Crippen LogP contribution is -2.40. The monoisotopic (exact) mass is 239 g/mol. The van der Waals surface area contributed by atoms with E-state index in [1.807, 2.05) is 0 Å². The molecule has 2 aliphatic carbocycles. The van der Waals surface area contributed by atoms with Crippen LogP contribution in [0.15, 0.2) is 0 Å². The second-order valence-corrected chi connectivity index (χ2v) is 5.57. The molecule has 0 aromatic rings. The average molecular weight is 239 g/mol. The fourth-order valence-corrected chi connectivity index (χ4v) is 2.84. The highest BCUT2D eigenvalue weighted by Gasteiger charge is 2.29. The Labute approximate surface area is 104 Å². The molecule has 2 atom stereocenters. The molecule has 2 unspecified atom stereocenters. The minimum absolute atomic E-state index is 0.210. The summed E-state index contributed by atoms with van der Waals surface area (Å²) in [5.74, 6) is 0.841. The average Bonchev–Trinajstić information content (AvgIpc) is 2.99. The Morgan fingerprint density at radius 2 is 2.12 bits per heavy atom. The van der Waals surface area contributed by atoms with Gasteiger partial charge in [-0.2, -0.15) is 0 Å². The summed E-state index contributed by atoms with van der Waals surface area (Å²) >= 11 is 0. The van der Waals surface area contributed by atoms with Gasteiger partial charge in [0.25, 0.3) is 0 Å². The fraction of sp³-hybridized carbons (Fsp3) is 0.923. The molecule has 0 heterocycles. The quantitative estimate of drug-likeness (QED) is 0.718. The van der Waals surface area contributed by atoms with Crippen LogP contribution in [0.25, 0.3) is 0 Å². The normalized spacial score (nSPS) is 28.6. The minimum atomic E-state index is 0.210. The Morgan fingerprint density at radius 3 is 2.76 bits per heavy atom. The molecule has 2 saturated carbocycles. The van der Waals surface area contributed by atoms with Crippen LogP contribution in [0, 0.1) is 5.92 Å². The summed E-state index contributed by atoms with van der Waals surface area (Å²) in [6, 6.07) is 1.07. The van der Waals surface area contributed by atoms with Crippen molar-refractivity contribution in [3.8, 4) is 0 Å². The molecular formula is C13H25N3O. The lowest BCUT2D eigenvalue weighted by atomic mass is 10.0. The third-order valence-corrected chi connectivity index (χ3v) is 4.12. The molecule has 0 saturated heterocycles. The van der Waals surface area contributed by atoms with Crippen molar-refractivity contribution < 1.29 is 4.79 Å². The summed E-state index contributed by atoms with van der Waals surface area (Å²) in [4.78, 5) is 13.9. The van der Waals surface area contributed by atoms with E-state index in [9.17, 15) is 4.79 Å². The van der Waals surface area contributed by atoms with E-state index in [0.717, 1.165) is 13.1 Å². The number of carbonyl (C=O) groups excluding carboxylic acids is 1. The largest absolute Gasteiger partial charge is 0.353 e. The molecule has 2 aliphatic rings. The Bertz CT molecular complexity index is 265. The summed E-state index contributed by atoms with van der Waals surface area (Å²) in [7, 11) is 2.13. The molecule has 4 nitrogen and oxygen atoms in total. The standard InChI is InChI=1S/C13H25N3O/c1-16(12-4-2-3-10(12)9-14)8-7-13(17)15-11-5-6-11/h10-12H,2-9,14H2,1H3,(H,15,17). The van der Waals surface area contributed by atoms with Gasteiger partial charge in [0.05, 0.1) is 0 Å². The number of nitrogens with zero attached hydrogens (tertiary/aromatic N) is 1. The number of rotatable bonds is 6. The van der Waals surface area contributed by atoms with E-state index < -0.39 is 0 Å². The van der Waals surface area contributed by atoms with Crippen LogP contribution in [0.5, 0.6) is 0 Å². The van der Waals surface area contributed by atoms with Crippen LogP contribution in [0.3, 0.4) is 0 Å². The van der Waals surface area contributed by atoms with E-state index in [0.29, 0.717) is 24.4 Å². The van der Waals surface area contributed by atoms with Gasteiger partial charge in [-0.1, -0.05) is 6.42 Å². The molecule has 4 heteroatoms. The second-order valence-electron chi connectivity index (χ2n) is 5.57. The van der Waals surface area contributed by atoms with Crippen LogP contribution in [-0.4, -0.2) is 43.0 Å². The van der Waals surface area contributed by atoms with E-state index in [1.165, 1.54) is 32.1 Å². The Morgan fingerprint density at radius 1 is 1.35 bits per heavy atom. The molecule has 17 heavy (non-hydrogen) atoms. The topological polar surface area (TPSA) is 58.4 Å². The zero-order chi connectivity index (χ0) is 12.3. The van der Waals surface area contributed by atoms with Gasteiger partial charge < -0.3 is 16.0 Å². The van der Waals surface area contributed by atoms with Gasteiger partial charge in [0, 0.05) is 25.0 Å². The molecule has 0 aromatic heterocycles. The van der Waals surface area contributed by atoms with Crippen LogP contribution < -0.4 is 11.1 Å². The maximum atomic E-state index is 11.6. The highest BCUT2D eigenvalue weighted by atomic mass is 16.1. The number of hydrogen-bond donors (Lipinski definition) is 2. The van der Waals surface area contributed by atoms with Crippen molar-refractivity contribution in [1.82, 2.24) is 10.2 Å². The maximum absolute atomic E-state index is 11.6. The molecular weight excluding hydrogens is 214 g/mol. The molecule has 0 aromatic carbocycles. The summed E-state index contributed by atoms with van der Waals surface area (Å²) in [5, 5.41) is 3.03. The summed E-state index contributed by atoms with van der Waals surface area (Å²) in [6.45, 7) is 1.64. The first-order chi connectivity index (χ1) is 8.20. The van der Waals surface area contributed by atoms with Crippen molar-refractivity contribution in [3.63, 3.8) is 0 Å². The number of carbonyl (C=O) groups is 1. The van der Waals surface area contributed by atoms with Crippen molar-refractivity contribution in [2.45, 2.75) is 50.6 Å². The highest BCUT2D eigenvalue weighted by molar-refractivity contribution is 5.76. The molecule has 3 N–H and O–H groups in total. The van der Waals surface area contributed by atoms with Gasteiger partial charge in [-0.25, -0.2) is 0 Å². The van der Waals surface area contributed by atoms with Crippen molar-refractivity contribution in [2.24, 2.45) is 11.7 Å². The number of nitrogens with two attached hydrogens (primary N) is 1. The third-order valence-electron chi connectivity index (χ3n) is 4.12. The molecule has 2 fully saturated rings. The molecule has 2 rings (SSSR count). The molecule has 0 aliphatic heterocycles. The maximum Gasteiger partial charge on any atom is 0.221 e. The van der Waals surface area contributed by atoms with Crippen LogP contribution in [-0.2, 0) is 4.79 Å². The van der Waals surface area contributed by atoms with E-state index in [2.05, 4.69) is 17.3 Å². The summed E-state index contributed by atoms with van der Waals surface area (Å²) < 4.78 is 0. The van der Waals surface area contributed by atoms with Gasteiger partial charge in [-0.3, -0.25) is 4.79 Å². The number of amides is 1. The van der Waals surface area contributed by atoms with Crippen LogP contribution in [0.1, 0.15) is 38.5 Å². The van der Waals surface area contributed by atoms with Gasteiger partial charge in [0.2, 0.25) is 5.91 Å². The van der Waals surface area contributed by atoms with Crippen molar-refractivity contribution in [1.29, 1.82) is 0 Å². The molecule has 0 radical (unpaired) electrons. The van der Waals surface area contributed by atoms with E-state index >= 15 is 0 Å². The predicted molar refractivity (Wildman–Crippen MR) is 68.6 cm³/mol. The Balaban J connectivity index is 1.68. The predicted octanol–water partition coefficient (Wildman–Crippen LogP) is 0.714. The van der Waals surface area contributed by atoms with Gasteiger partial charge in [0.1, 0.15) is 0 Å². The zero-order valence-electron chi connectivity index (χ0n) is 10.8. The van der Waals surface area contributed by atoms with Crippen LogP contribution >= 0.6 is 0 Å². The van der Waals surface area contributed by atoms with Crippen LogP contribution in [0.2, 0.25) is 0 Å². The second kappa shape index (κ2) is 5.83. The third kappa shape index (κ3) is 3.68. The molecule has 98 valence electrons. The van der Waals surface area contributed by atoms with Gasteiger partial charge in [-0.15, -0.1) is 0 Å². The lowest BCUT2D eigenvalue weighted by Gasteiger charge is -2.28. The number of nitrogens with one attached hydrogen (secondary N) is 1. The van der Waals surface area contributed by atoms with E-state index in [4.69, 9.17) is 5.73 Å². The fourth-order valence-electron chi connectivity index (χ4n) is 2.84. The van der Waals surface area contributed by atoms with Gasteiger partial charge in [-0.05, 0) is 45.2 Å².